The molecule has 29 heavy (non-hydrogen) atoms. The number of thiazole rings is 1. The normalized spacial score (nSPS) is 16.2. The van der Waals surface area contributed by atoms with Crippen molar-refractivity contribution in [3.05, 3.63) is 51.1 Å². The number of hydrogen-bond acceptors (Lipinski definition) is 7. The smallest absolute Gasteiger partial charge is 0.252 e. The summed E-state index contributed by atoms with van der Waals surface area (Å²) in [7, 11) is -1.81. The van der Waals surface area contributed by atoms with Gasteiger partial charge in [0.2, 0.25) is 0 Å². The molecule has 3 heterocycles. The van der Waals surface area contributed by atoms with Gasteiger partial charge >= 0.3 is 0 Å². The fourth-order valence-corrected chi connectivity index (χ4v) is 7.06. The molecule has 1 aliphatic heterocycles. The summed E-state index contributed by atoms with van der Waals surface area (Å²) in [6, 6.07) is 11.0. The van der Waals surface area contributed by atoms with Crippen LogP contribution >= 0.6 is 34.3 Å². The van der Waals surface area contributed by atoms with Crippen molar-refractivity contribution in [2.24, 2.45) is 0 Å². The summed E-state index contributed by atoms with van der Waals surface area (Å²) in [6.45, 7) is 3.01. The molecule has 10 heteroatoms. The summed E-state index contributed by atoms with van der Waals surface area (Å²) in [5, 5.41) is 3.08. The zero-order valence-electron chi connectivity index (χ0n) is 15.7. The van der Waals surface area contributed by atoms with E-state index in [1.165, 1.54) is 4.31 Å². The van der Waals surface area contributed by atoms with E-state index < -0.39 is 10.0 Å². The lowest BCUT2D eigenvalue weighted by atomic mass is 10.2. The predicted octanol–water partition coefficient (Wildman–Crippen LogP) is 4.04. The highest BCUT2D eigenvalue weighted by Crippen LogP contribution is 2.29. The van der Waals surface area contributed by atoms with Gasteiger partial charge in [0.1, 0.15) is 15.0 Å². The number of halogens is 1. The van der Waals surface area contributed by atoms with Crippen LogP contribution in [0.3, 0.4) is 0 Å². The van der Waals surface area contributed by atoms with Gasteiger partial charge in [0, 0.05) is 37.1 Å². The maximum atomic E-state index is 12.7. The molecule has 0 aliphatic carbocycles. The summed E-state index contributed by atoms with van der Waals surface area (Å²) < 4.78 is 32.9. The Morgan fingerprint density at radius 2 is 1.83 bits per heavy atom. The topological polar surface area (TPSA) is 62.7 Å². The molecule has 3 aromatic rings. The second kappa shape index (κ2) is 8.71. The minimum atomic E-state index is -3.46. The number of hydrogen-bond donors (Lipinski definition) is 0. The number of piperazine rings is 1. The molecular formula is C19H20ClN3O3S3. The maximum absolute atomic E-state index is 12.7. The van der Waals surface area contributed by atoms with E-state index in [9.17, 15) is 8.42 Å². The molecule has 1 saturated heterocycles. The van der Waals surface area contributed by atoms with Gasteiger partial charge in [-0.05, 0) is 36.4 Å². The number of nitrogens with zero attached hydrogens (tertiary/aromatic N) is 3. The molecule has 0 N–H and O–H groups in total. The minimum absolute atomic E-state index is 0.306. The van der Waals surface area contributed by atoms with E-state index in [2.05, 4.69) is 10.3 Å². The van der Waals surface area contributed by atoms with Crippen LogP contribution < -0.4 is 4.74 Å². The third-order valence-corrected chi connectivity index (χ3v) is 9.20. The molecule has 6 nitrogen and oxygen atoms in total. The fraction of sp³-hybridized carbons (Fsp3) is 0.316. The van der Waals surface area contributed by atoms with Gasteiger partial charge in [-0.3, -0.25) is 4.90 Å². The number of benzene rings is 1. The van der Waals surface area contributed by atoms with Crippen molar-refractivity contribution < 1.29 is 13.2 Å². The molecule has 0 unspecified atom stereocenters. The summed E-state index contributed by atoms with van der Waals surface area (Å²) in [6.07, 6.45) is 0. The lowest BCUT2D eigenvalue weighted by molar-refractivity contribution is 0.181. The van der Waals surface area contributed by atoms with Crippen LogP contribution in [0.1, 0.15) is 5.01 Å². The Kier molecular flexibility index (Phi) is 6.24. The molecule has 2 aromatic heterocycles. The van der Waals surface area contributed by atoms with Crippen molar-refractivity contribution in [2.75, 3.05) is 33.3 Å². The first kappa shape index (κ1) is 20.8. The largest absolute Gasteiger partial charge is 0.497 e. The SMILES string of the molecule is COc1ccc(-c2csc(CN3CCN(S(=O)(=O)c4ccc(Cl)s4)CC3)n2)cc1. The highest BCUT2D eigenvalue weighted by Gasteiger charge is 2.29. The number of thiophene rings is 1. The molecule has 154 valence electrons. The van der Waals surface area contributed by atoms with Gasteiger partial charge < -0.3 is 4.74 Å². The van der Waals surface area contributed by atoms with Crippen LogP contribution in [0.5, 0.6) is 5.75 Å². The second-order valence-electron chi connectivity index (χ2n) is 6.59. The van der Waals surface area contributed by atoms with E-state index in [4.69, 9.17) is 21.3 Å². The lowest BCUT2D eigenvalue weighted by Gasteiger charge is -2.33. The highest BCUT2D eigenvalue weighted by molar-refractivity contribution is 7.91. The van der Waals surface area contributed by atoms with Crippen molar-refractivity contribution in [3.8, 4) is 17.0 Å². The standard InChI is InChI=1S/C19H20ClN3O3S3/c1-26-15-4-2-14(3-5-15)16-13-27-18(21-16)12-22-8-10-23(11-9-22)29(24,25)19-7-6-17(20)28-19/h2-7,13H,8-12H2,1H3. The van der Waals surface area contributed by atoms with Crippen LogP contribution in [0.25, 0.3) is 11.3 Å². The van der Waals surface area contributed by atoms with Crippen LogP contribution in [0, 0.1) is 0 Å². The zero-order valence-corrected chi connectivity index (χ0v) is 19.0. The van der Waals surface area contributed by atoms with Crippen molar-refractivity contribution in [2.45, 2.75) is 10.8 Å². The third kappa shape index (κ3) is 4.65. The monoisotopic (exact) mass is 469 g/mol. The van der Waals surface area contributed by atoms with Gasteiger partial charge in [-0.1, -0.05) is 11.6 Å². The van der Waals surface area contributed by atoms with E-state index in [-0.39, 0.29) is 0 Å². The Hall–Kier alpha value is -1.49. The fourth-order valence-electron chi connectivity index (χ4n) is 3.16. The van der Waals surface area contributed by atoms with Gasteiger partial charge in [-0.15, -0.1) is 22.7 Å². The molecule has 0 amide bonds. The summed E-state index contributed by atoms with van der Waals surface area (Å²) in [5.74, 6) is 0.821. The quantitative estimate of drug-likeness (QED) is 0.545. The summed E-state index contributed by atoms with van der Waals surface area (Å²) in [4.78, 5) is 6.98. The first-order valence-electron chi connectivity index (χ1n) is 9.02. The zero-order chi connectivity index (χ0) is 20.4. The maximum Gasteiger partial charge on any atom is 0.252 e. The van der Waals surface area contributed by atoms with Crippen molar-refractivity contribution >= 4 is 44.3 Å². The van der Waals surface area contributed by atoms with Crippen LogP contribution in [-0.4, -0.2) is 55.9 Å². The van der Waals surface area contributed by atoms with Crippen LogP contribution in [0.4, 0.5) is 0 Å². The molecule has 4 rings (SSSR count). The summed E-state index contributed by atoms with van der Waals surface area (Å²) >= 11 is 8.62. The molecule has 0 spiro atoms. The molecule has 1 fully saturated rings. The molecule has 0 atom stereocenters. The number of aromatic nitrogens is 1. The Bertz CT molecular complexity index is 1070. The van der Waals surface area contributed by atoms with Gasteiger partial charge in [-0.2, -0.15) is 4.31 Å². The number of rotatable bonds is 6. The van der Waals surface area contributed by atoms with Gasteiger partial charge in [0.25, 0.3) is 10.0 Å². The van der Waals surface area contributed by atoms with E-state index in [1.54, 1.807) is 30.6 Å². The van der Waals surface area contributed by atoms with Crippen LogP contribution in [0.15, 0.2) is 46.0 Å². The predicted molar refractivity (Wildman–Crippen MR) is 117 cm³/mol. The molecule has 1 aromatic carbocycles. The summed E-state index contributed by atoms with van der Waals surface area (Å²) in [5.41, 5.74) is 2.00. The van der Waals surface area contributed by atoms with Gasteiger partial charge in [0.05, 0.1) is 23.7 Å². The van der Waals surface area contributed by atoms with E-state index >= 15 is 0 Å². The lowest BCUT2D eigenvalue weighted by Crippen LogP contribution is -2.48. The first-order chi connectivity index (χ1) is 14.0. The van der Waals surface area contributed by atoms with E-state index in [1.807, 2.05) is 24.3 Å². The Morgan fingerprint density at radius 3 is 2.45 bits per heavy atom. The van der Waals surface area contributed by atoms with E-state index in [0.717, 1.165) is 39.9 Å². The van der Waals surface area contributed by atoms with Crippen molar-refractivity contribution in [1.82, 2.24) is 14.2 Å². The van der Waals surface area contributed by atoms with Gasteiger partial charge in [-0.25, -0.2) is 13.4 Å². The average Bonchev–Trinajstić information content (AvgIpc) is 3.38. The number of methoxy groups -OCH3 is 1. The third-order valence-electron chi connectivity index (χ3n) is 4.77. The Morgan fingerprint density at radius 1 is 1.10 bits per heavy atom. The first-order valence-corrected chi connectivity index (χ1v) is 12.5. The molecule has 0 bridgehead atoms. The molecular weight excluding hydrogens is 450 g/mol. The van der Waals surface area contributed by atoms with Crippen LogP contribution in [0.2, 0.25) is 4.34 Å². The highest BCUT2D eigenvalue weighted by atomic mass is 35.5. The Balaban J connectivity index is 1.36. The Labute approximate surface area is 183 Å². The average molecular weight is 470 g/mol. The van der Waals surface area contributed by atoms with E-state index in [0.29, 0.717) is 34.7 Å². The molecule has 1 aliphatic rings. The minimum Gasteiger partial charge on any atom is -0.497 e. The molecule has 0 radical (unpaired) electrons. The van der Waals surface area contributed by atoms with Crippen molar-refractivity contribution in [3.63, 3.8) is 0 Å². The molecule has 0 saturated carbocycles. The number of sulfonamides is 1. The number of ether oxygens (including phenoxy) is 1. The van der Waals surface area contributed by atoms with Crippen LogP contribution in [-0.2, 0) is 16.6 Å². The second-order valence-corrected chi connectivity index (χ2v) is 11.4. The van der Waals surface area contributed by atoms with Gasteiger partial charge in [0.15, 0.2) is 0 Å². The van der Waals surface area contributed by atoms with Crippen molar-refractivity contribution in [1.29, 1.82) is 0 Å².